The largest absolute Gasteiger partial charge is 0.497 e. The van der Waals surface area contributed by atoms with E-state index in [1.165, 1.54) is 21.7 Å². The summed E-state index contributed by atoms with van der Waals surface area (Å²) in [6.45, 7) is 2.88. The van der Waals surface area contributed by atoms with Crippen LogP contribution in [0.15, 0.2) is 53.5 Å². The van der Waals surface area contributed by atoms with E-state index in [2.05, 4.69) is 40.7 Å². The van der Waals surface area contributed by atoms with Crippen LogP contribution in [0.1, 0.15) is 27.7 Å². The molecule has 0 saturated heterocycles. The van der Waals surface area contributed by atoms with Crippen molar-refractivity contribution in [1.82, 2.24) is 4.57 Å². The second-order valence-corrected chi connectivity index (χ2v) is 7.27. The summed E-state index contributed by atoms with van der Waals surface area (Å²) in [7, 11) is 1.61. The van der Waals surface area contributed by atoms with Gasteiger partial charge < -0.3 is 9.30 Å². The number of amides is 1. The molecule has 0 bridgehead atoms. The number of aromatic nitrogens is 1. The van der Waals surface area contributed by atoms with Crippen LogP contribution in [0.3, 0.4) is 0 Å². The van der Waals surface area contributed by atoms with Crippen molar-refractivity contribution in [3.8, 4) is 17.0 Å². The molecule has 1 heterocycles. The van der Waals surface area contributed by atoms with E-state index in [1.807, 2.05) is 0 Å². The van der Waals surface area contributed by atoms with Gasteiger partial charge in [-0.15, -0.1) is 11.3 Å². The molecule has 0 radical (unpaired) electrons. The summed E-state index contributed by atoms with van der Waals surface area (Å²) in [6.07, 6.45) is 2.04. The summed E-state index contributed by atoms with van der Waals surface area (Å²) < 4.78 is 7.31. The fourth-order valence-electron chi connectivity index (χ4n) is 3.40. The summed E-state index contributed by atoms with van der Waals surface area (Å²) in [4.78, 5) is 19.1. The molecule has 4 nitrogen and oxygen atoms in total. The van der Waals surface area contributed by atoms with E-state index in [0.717, 1.165) is 29.9 Å². The Hall–Kier alpha value is -2.66. The predicted molar refractivity (Wildman–Crippen MR) is 104 cm³/mol. The van der Waals surface area contributed by atoms with Crippen molar-refractivity contribution in [1.29, 1.82) is 0 Å². The van der Waals surface area contributed by atoms with Crippen molar-refractivity contribution in [3.05, 3.63) is 69.3 Å². The Bertz CT molecular complexity index is 1030. The Kier molecular flexibility index (Phi) is 4.47. The lowest BCUT2D eigenvalue weighted by atomic mass is 9.93. The van der Waals surface area contributed by atoms with E-state index >= 15 is 0 Å². The van der Waals surface area contributed by atoms with Crippen molar-refractivity contribution in [2.45, 2.75) is 26.3 Å². The highest BCUT2D eigenvalue weighted by molar-refractivity contribution is 7.09. The number of rotatable bonds is 3. The summed E-state index contributed by atoms with van der Waals surface area (Å²) in [6, 6.07) is 15.6. The highest BCUT2D eigenvalue weighted by atomic mass is 32.1. The Balaban J connectivity index is 1.79. The van der Waals surface area contributed by atoms with Crippen LogP contribution in [0.5, 0.6) is 5.75 Å². The van der Waals surface area contributed by atoms with Gasteiger partial charge in [0.25, 0.3) is 5.91 Å². The van der Waals surface area contributed by atoms with Crippen molar-refractivity contribution < 1.29 is 9.53 Å². The fraction of sp³-hybridized carbons (Fsp3) is 0.238. The number of fused-ring (bicyclic) bond motifs is 3. The first kappa shape index (κ1) is 16.8. The molecule has 0 aliphatic heterocycles. The van der Waals surface area contributed by atoms with Crippen LogP contribution < -0.4 is 9.54 Å². The summed E-state index contributed by atoms with van der Waals surface area (Å²) >= 11 is 1.63. The molecule has 1 aliphatic carbocycles. The molecule has 26 heavy (non-hydrogen) atoms. The van der Waals surface area contributed by atoms with Crippen LogP contribution in [0.2, 0.25) is 0 Å². The molecule has 4 rings (SSSR count). The zero-order valence-electron chi connectivity index (χ0n) is 14.9. The number of aryl methyl sites for hydroxylation is 2. The van der Waals surface area contributed by atoms with Gasteiger partial charge in [0.2, 0.25) is 0 Å². The number of thiazole rings is 1. The van der Waals surface area contributed by atoms with Gasteiger partial charge >= 0.3 is 0 Å². The fourth-order valence-corrected chi connectivity index (χ4v) is 4.60. The number of nitrogens with zero attached hydrogens (tertiary/aromatic N) is 2. The molecular weight excluding hydrogens is 344 g/mol. The number of carbonyl (C=O) groups is 1. The lowest BCUT2D eigenvalue weighted by molar-refractivity contribution is 0.0998. The summed E-state index contributed by atoms with van der Waals surface area (Å²) in [5, 5.41) is 0. The zero-order chi connectivity index (χ0) is 18.1. The summed E-state index contributed by atoms with van der Waals surface area (Å²) in [5.41, 5.74) is 4.43. The third kappa shape index (κ3) is 2.88. The zero-order valence-corrected chi connectivity index (χ0v) is 15.7. The van der Waals surface area contributed by atoms with Crippen LogP contribution >= 0.6 is 11.3 Å². The van der Waals surface area contributed by atoms with Gasteiger partial charge in [0.1, 0.15) is 5.75 Å². The van der Waals surface area contributed by atoms with Crippen LogP contribution in [0, 0.1) is 0 Å². The van der Waals surface area contributed by atoms with E-state index < -0.39 is 0 Å². The average molecular weight is 364 g/mol. The van der Waals surface area contributed by atoms with Gasteiger partial charge in [0, 0.05) is 22.5 Å². The topological polar surface area (TPSA) is 43.6 Å². The SMILES string of the molecule is CCn1c2c(sc1=NC(=O)c1ccc(OC)cc1)CCc1ccccc1-2. The Morgan fingerprint density at radius 2 is 1.92 bits per heavy atom. The van der Waals surface area contributed by atoms with E-state index in [1.54, 1.807) is 42.7 Å². The molecule has 1 aliphatic rings. The minimum Gasteiger partial charge on any atom is -0.497 e. The maximum atomic E-state index is 12.6. The third-order valence-corrected chi connectivity index (χ3v) is 5.86. The van der Waals surface area contributed by atoms with Crippen LogP contribution in [-0.2, 0) is 19.4 Å². The van der Waals surface area contributed by atoms with E-state index in [-0.39, 0.29) is 5.91 Å². The van der Waals surface area contributed by atoms with Crippen LogP contribution in [0.25, 0.3) is 11.3 Å². The number of ether oxygens (including phenoxy) is 1. The molecule has 5 heteroatoms. The van der Waals surface area contributed by atoms with Gasteiger partial charge in [0.05, 0.1) is 12.8 Å². The van der Waals surface area contributed by atoms with Gasteiger partial charge in [-0.1, -0.05) is 24.3 Å². The highest BCUT2D eigenvalue weighted by Gasteiger charge is 2.22. The highest BCUT2D eigenvalue weighted by Crippen LogP contribution is 2.34. The molecule has 1 amide bonds. The maximum absolute atomic E-state index is 12.6. The minimum atomic E-state index is -0.221. The number of methoxy groups -OCH3 is 1. The van der Waals surface area contributed by atoms with Crippen LogP contribution in [-0.4, -0.2) is 17.6 Å². The summed E-state index contributed by atoms with van der Waals surface area (Å²) in [5.74, 6) is 0.509. The molecule has 3 aromatic rings. The Morgan fingerprint density at radius 1 is 1.15 bits per heavy atom. The average Bonchev–Trinajstić information content (AvgIpc) is 3.05. The smallest absolute Gasteiger partial charge is 0.279 e. The Morgan fingerprint density at radius 3 is 2.65 bits per heavy atom. The first-order chi connectivity index (χ1) is 12.7. The molecule has 0 unspecified atom stereocenters. The molecule has 0 saturated carbocycles. The van der Waals surface area contributed by atoms with Crippen molar-refractivity contribution >= 4 is 17.2 Å². The van der Waals surface area contributed by atoms with E-state index in [9.17, 15) is 4.79 Å². The molecule has 0 spiro atoms. The quantitative estimate of drug-likeness (QED) is 0.703. The Labute approximate surface area is 156 Å². The molecule has 132 valence electrons. The van der Waals surface area contributed by atoms with Crippen molar-refractivity contribution in [2.24, 2.45) is 4.99 Å². The standard InChI is InChI=1S/C21H20N2O2S/c1-3-23-19-17-7-5-4-6-14(17)10-13-18(19)26-21(23)22-20(24)15-8-11-16(25-2)12-9-15/h4-9,11-12H,3,10,13H2,1-2H3. The molecule has 2 aromatic carbocycles. The second-order valence-electron chi connectivity index (χ2n) is 6.20. The molecule has 1 aromatic heterocycles. The lowest BCUT2D eigenvalue weighted by Crippen LogP contribution is -2.18. The predicted octanol–water partition coefficient (Wildman–Crippen LogP) is 4.08. The van der Waals surface area contributed by atoms with Gasteiger partial charge in [-0.3, -0.25) is 4.79 Å². The van der Waals surface area contributed by atoms with Gasteiger partial charge in [-0.2, -0.15) is 4.99 Å². The van der Waals surface area contributed by atoms with E-state index in [4.69, 9.17) is 4.74 Å². The number of hydrogen-bond acceptors (Lipinski definition) is 3. The van der Waals surface area contributed by atoms with Gasteiger partial charge in [-0.05, 0) is 49.6 Å². The lowest BCUT2D eigenvalue weighted by Gasteiger charge is -2.17. The first-order valence-corrected chi connectivity index (χ1v) is 9.56. The number of carbonyl (C=O) groups excluding carboxylic acids is 1. The molecule has 0 atom stereocenters. The van der Waals surface area contributed by atoms with Crippen molar-refractivity contribution in [2.75, 3.05) is 7.11 Å². The number of hydrogen-bond donors (Lipinski definition) is 0. The van der Waals surface area contributed by atoms with Crippen LogP contribution in [0.4, 0.5) is 0 Å². The van der Waals surface area contributed by atoms with E-state index in [0.29, 0.717) is 5.56 Å². The number of benzene rings is 2. The van der Waals surface area contributed by atoms with Gasteiger partial charge in [0.15, 0.2) is 4.80 Å². The minimum absolute atomic E-state index is 0.221. The van der Waals surface area contributed by atoms with Gasteiger partial charge in [-0.25, -0.2) is 0 Å². The maximum Gasteiger partial charge on any atom is 0.279 e. The third-order valence-electron chi connectivity index (χ3n) is 4.72. The molecule has 0 fully saturated rings. The first-order valence-electron chi connectivity index (χ1n) is 8.75. The molecular formula is C21H20N2O2S. The van der Waals surface area contributed by atoms with Crippen molar-refractivity contribution in [3.63, 3.8) is 0 Å². The second kappa shape index (κ2) is 6.92. The monoisotopic (exact) mass is 364 g/mol. The molecule has 0 N–H and O–H groups in total. The normalized spacial score (nSPS) is 13.2.